The number of rotatable bonds is 12. The summed E-state index contributed by atoms with van der Waals surface area (Å²) in [4.78, 5) is 49.1. The first-order valence-corrected chi connectivity index (χ1v) is 15.8. The number of carbonyl (C=O) groups excluding carboxylic acids is 2. The number of carbonyl (C=O) groups is 2. The van der Waals surface area contributed by atoms with Gasteiger partial charge in [-0.15, -0.1) is 0 Å². The monoisotopic (exact) mass is 628 g/mol. The van der Waals surface area contributed by atoms with Gasteiger partial charge in [0, 0.05) is 37.0 Å². The minimum atomic E-state index is -0.524. The van der Waals surface area contributed by atoms with Crippen LogP contribution in [0.4, 0.5) is 11.6 Å². The molecule has 1 fully saturated rings. The van der Waals surface area contributed by atoms with Crippen molar-refractivity contribution in [1.82, 2.24) is 29.7 Å². The second-order valence-electron chi connectivity index (χ2n) is 12.3. The van der Waals surface area contributed by atoms with Crippen LogP contribution in [0.2, 0.25) is 0 Å². The summed E-state index contributed by atoms with van der Waals surface area (Å²) >= 11 is 0. The Hall–Kier alpha value is -4.42. The maximum absolute atomic E-state index is 12.5. The van der Waals surface area contributed by atoms with Gasteiger partial charge in [-0.05, 0) is 36.1 Å². The average Bonchev–Trinajstić information content (AvgIpc) is 3.05. The van der Waals surface area contributed by atoms with Crippen LogP contribution in [0.1, 0.15) is 39.3 Å². The van der Waals surface area contributed by atoms with Crippen LogP contribution >= 0.6 is 0 Å². The van der Waals surface area contributed by atoms with E-state index in [1.165, 1.54) is 14.2 Å². The van der Waals surface area contributed by atoms with Gasteiger partial charge in [-0.1, -0.05) is 52.0 Å². The summed E-state index contributed by atoms with van der Waals surface area (Å²) in [5, 5.41) is 8.39. The molecule has 244 valence electrons. The Morgan fingerprint density at radius 2 is 1.02 bits per heavy atom. The number of benzene rings is 2. The number of para-hydroxylation sites is 2. The molecule has 1 aliphatic rings. The van der Waals surface area contributed by atoms with Crippen molar-refractivity contribution >= 4 is 45.4 Å². The Morgan fingerprint density at radius 1 is 0.652 bits per heavy atom. The minimum Gasteiger partial charge on any atom is -0.467 e. The van der Waals surface area contributed by atoms with Gasteiger partial charge in [0.05, 0.1) is 38.3 Å². The summed E-state index contributed by atoms with van der Waals surface area (Å²) in [5.74, 6) is 2.04. The number of methoxy groups -OCH3 is 2. The molecule has 46 heavy (non-hydrogen) atoms. The zero-order chi connectivity index (χ0) is 32.8. The number of piperazine rings is 1. The molecule has 4 aromatic rings. The molecule has 2 aromatic carbocycles. The highest BCUT2D eigenvalue weighted by Gasteiger charge is 2.27. The molecule has 12 nitrogen and oxygen atoms in total. The van der Waals surface area contributed by atoms with Crippen molar-refractivity contribution in [2.75, 3.05) is 51.0 Å². The number of aromatic nitrogens is 4. The Labute approximate surface area is 269 Å². The zero-order valence-electron chi connectivity index (χ0n) is 27.5. The number of fused-ring (bicyclic) bond motifs is 2. The number of hydrogen-bond acceptors (Lipinski definition) is 12. The van der Waals surface area contributed by atoms with Gasteiger partial charge in [-0.2, -0.15) is 0 Å². The normalized spacial score (nSPS) is 15.7. The quantitative estimate of drug-likeness (QED) is 0.219. The van der Waals surface area contributed by atoms with Gasteiger partial charge in [-0.3, -0.25) is 9.80 Å². The van der Waals surface area contributed by atoms with Crippen LogP contribution in [0.5, 0.6) is 0 Å². The number of ether oxygens (including phenoxy) is 2. The smallest absolute Gasteiger partial charge is 0.328 e. The number of esters is 2. The van der Waals surface area contributed by atoms with Crippen molar-refractivity contribution < 1.29 is 19.1 Å². The molecule has 1 aliphatic heterocycles. The molecular weight excluding hydrogens is 584 g/mol. The Bertz CT molecular complexity index is 1550. The van der Waals surface area contributed by atoms with Gasteiger partial charge in [0.15, 0.2) is 0 Å². The molecule has 0 radical (unpaired) electrons. The fourth-order valence-electron chi connectivity index (χ4n) is 5.66. The van der Waals surface area contributed by atoms with E-state index in [0.717, 1.165) is 48.0 Å². The third kappa shape index (κ3) is 7.68. The second-order valence-corrected chi connectivity index (χ2v) is 12.3. The van der Waals surface area contributed by atoms with Gasteiger partial charge in [0.25, 0.3) is 0 Å². The molecule has 0 bridgehead atoms. The minimum absolute atomic E-state index is 0.0145. The number of nitrogens with zero attached hydrogens (tertiary/aromatic N) is 6. The first-order valence-electron chi connectivity index (χ1n) is 15.8. The summed E-state index contributed by atoms with van der Waals surface area (Å²) in [6.07, 6.45) is 0. The molecule has 5 rings (SSSR count). The van der Waals surface area contributed by atoms with Crippen molar-refractivity contribution in [2.45, 2.75) is 52.9 Å². The maximum atomic E-state index is 12.5. The summed E-state index contributed by atoms with van der Waals surface area (Å²) < 4.78 is 10.1. The van der Waals surface area contributed by atoms with Gasteiger partial charge >= 0.3 is 11.9 Å². The Balaban J connectivity index is 1.28. The summed E-state index contributed by atoms with van der Waals surface area (Å²) in [6.45, 7) is 12.4. The predicted molar refractivity (Wildman–Crippen MR) is 178 cm³/mol. The molecule has 0 aliphatic carbocycles. The molecule has 0 spiro atoms. The number of anilines is 2. The van der Waals surface area contributed by atoms with Crippen molar-refractivity contribution in [3.05, 3.63) is 60.2 Å². The standard InChI is InChI=1S/C34H44N8O4/c1-21(2)29(33(43)45-5)39-31-23-11-7-9-13-25(23)35-27(37-31)19-41-15-17-42(18-16-41)20-28-36-26-14-10-8-12-24(26)32(38-28)40-30(22(3)4)34(44)46-6/h7-14,21-22,29-30H,15-20H2,1-6H3,(H,35,37,39)(H,36,38,40)/t29-,30-/m0/s1. The lowest BCUT2D eigenvalue weighted by atomic mass is 10.0. The summed E-state index contributed by atoms with van der Waals surface area (Å²) in [6, 6.07) is 14.6. The van der Waals surface area contributed by atoms with Crippen LogP contribution in [0.25, 0.3) is 21.8 Å². The van der Waals surface area contributed by atoms with E-state index >= 15 is 0 Å². The first-order chi connectivity index (χ1) is 22.2. The lowest BCUT2D eigenvalue weighted by molar-refractivity contribution is -0.143. The van der Waals surface area contributed by atoms with E-state index in [0.29, 0.717) is 36.4 Å². The lowest BCUT2D eigenvalue weighted by Gasteiger charge is -2.34. The van der Waals surface area contributed by atoms with Gasteiger partial charge in [-0.25, -0.2) is 29.5 Å². The van der Waals surface area contributed by atoms with Crippen molar-refractivity contribution in [3.63, 3.8) is 0 Å². The van der Waals surface area contributed by atoms with Crippen LogP contribution in [-0.2, 0) is 32.2 Å². The van der Waals surface area contributed by atoms with Crippen LogP contribution in [0.15, 0.2) is 48.5 Å². The zero-order valence-corrected chi connectivity index (χ0v) is 27.5. The number of hydrogen-bond donors (Lipinski definition) is 2. The van der Waals surface area contributed by atoms with E-state index in [-0.39, 0.29) is 23.8 Å². The van der Waals surface area contributed by atoms with Gasteiger partial charge in [0.1, 0.15) is 35.4 Å². The highest BCUT2D eigenvalue weighted by atomic mass is 16.5. The lowest BCUT2D eigenvalue weighted by Crippen LogP contribution is -2.45. The van der Waals surface area contributed by atoms with Crippen molar-refractivity contribution in [3.8, 4) is 0 Å². The topological polar surface area (TPSA) is 135 Å². The van der Waals surface area contributed by atoms with E-state index in [1.54, 1.807) is 0 Å². The third-order valence-electron chi connectivity index (χ3n) is 8.32. The average molecular weight is 629 g/mol. The highest BCUT2D eigenvalue weighted by molar-refractivity contribution is 5.92. The largest absolute Gasteiger partial charge is 0.467 e. The van der Waals surface area contributed by atoms with Crippen LogP contribution in [0, 0.1) is 11.8 Å². The first kappa shape index (κ1) is 33.0. The van der Waals surface area contributed by atoms with E-state index in [1.807, 2.05) is 76.2 Å². The molecule has 0 saturated carbocycles. The van der Waals surface area contributed by atoms with E-state index in [2.05, 4.69) is 20.4 Å². The van der Waals surface area contributed by atoms with Crippen LogP contribution in [-0.4, -0.2) is 94.2 Å². The molecule has 1 saturated heterocycles. The van der Waals surface area contributed by atoms with E-state index in [9.17, 15) is 9.59 Å². The van der Waals surface area contributed by atoms with Crippen molar-refractivity contribution in [2.24, 2.45) is 11.8 Å². The Morgan fingerprint density at radius 3 is 1.37 bits per heavy atom. The second kappa shape index (κ2) is 14.8. The molecular formula is C34H44N8O4. The molecule has 12 heteroatoms. The van der Waals surface area contributed by atoms with Gasteiger partial charge < -0.3 is 20.1 Å². The summed E-state index contributed by atoms with van der Waals surface area (Å²) in [5.41, 5.74) is 1.65. The fourth-order valence-corrected chi connectivity index (χ4v) is 5.66. The molecule has 3 heterocycles. The molecule has 2 N–H and O–H groups in total. The van der Waals surface area contributed by atoms with Crippen LogP contribution in [0.3, 0.4) is 0 Å². The van der Waals surface area contributed by atoms with E-state index in [4.69, 9.17) is 29.4 Å². The molecule has 2 aromatic heterocycles. The molecule has 0 unspecified atom stereocenters. The van der Waals surface area contributed by atoms with Crippen LogP contribution < -0.4 is 10.6 Å². The molecule has 2 atom stereocenters. The maximum Gasteiger partial charge on any atom is 0.328 e. The predicted octanol–water partition coefficient (Wildman–Crippen LogP) is 4.11. The summed E-state index contributed by atoms with van der Waals surface area (Å²) in [7, 11) is 2.80. The third-order valence-corrected chi connectivity index (χ3v) is 8.32. The highest BCUT2D eigenvalue weighted by Crippen LogP contribution is 2.25. The van der Waals surface area contributed by atoms with E-state index < -0.39 is 12.1 Å². The molecule has 0 amide bonds. The Kier molecular flexibility index (Phi) is 10.6. The van der Waals surface area contributed by atoms with Gasteiger partial charge in [0.2, 0.25) is 0 Å². The fraction of sp³-hybridized carbons (Fsp3) is 0.471. The SMILES string of the molecule is COC(=O)[C@@H](Nc1nc(CN2CCN(Cc3nc(N[C@H](C(=O)OC)C(C)C)c4ccccc4n3)CC2)nc2ccccc12)C(C)C. The van der Waals surface area contributed by atoms with Crippen molar-refractivity contribution in [1.29, 1.82) is 0 Å². The number of nitrogens with one attached hydrogen (secondary N) is 2.